The van der Waals surface area contributed by atoms with Crippen molar-refractivity contribution in [1.82, 2.24) is 0 Å². The lowest BCUT2D eigenvalue weighted by atomic mass is 10.2. The van der Waals surface area contributed by atoms with Gasteiger partial charge in [-0.25, -0.2) is 0 Å². The molecule has 0 saturated carbocycles. The van der Waals surface area contributed by atoms with Crippen LogP contribution in [-0.4, -0.2) is 0 Å². The highest BCUT2D eigenvalue weighted by Gasteiger charge is 1.98. The molecular formula is C13H8ClNO. The quantitative estimate of drug-likeness (QED) is 0.780. The van der Waals surface area contributed by atoms with E-state index in [1.807, 2.05) is 0 Å². The van der Waals surface area contributed by atoms with Gasteiger partial charge in [0.15, 0.2) is 0 Å². The maximum Gasteiger partial charge on any atom is 0.128 e. The van der Waals surface area contributed by atoms with E-state index in [2.05, 4.69) is 6.07 Å². The third-order valence-electron chi connectivity index (χ3n) is 2.01. The van der Waals surface area contributed by atoms with E-state index < -0.39 is 0 Å². The van der Waals surface area contributed by atoms with Gasteiger partial charge >= 0.3 is 0 Å². The van der Waals surface area contributed by atoms with E-state index in [0.29, 0.717) is 22.1 Å². The summed E-state index contributed by atoms with van der Waals surface area (Å²) in [5.74, 6) is 1.33. The van der Waals surface area contributed by atoms with Crippen LogP contribution in [0.2, 0.25) is 5.02 Å². The Hall–Kier alpha value is -1.98. The van der Waals surface area contributed by atoms with Crippen LogP contribution in [0.1, 0.15) is 5.56 Å². The fourth-order valence-electron chi connectivity index (χ4n) is 1.27. The number of rotatable bonds is 2. The molecular weight excluding hydrogens is 222 g/mol. The predicted octanol–water partition coefficient (Wildman–Crippen LogP) is 4.00. The molecule has 2 nitrogen and oxygen atoms in total. The molecule has 0 bridgehead atoms. The van der Waals surface area contributed by atoms with Gasteiger partial charge in [-0.15, -0.1) is 0 Å². The summed E-state index contributed by atoms with van der Waals surface area (Å²) in [7, 11) is 0. The number of benzene rings is 2. The van der Waals surface area contributed by atoms with Crippen molar-refractivity contribution in [3.8, 4) is 17.6 Å². The summed E-state index contributed by atoms with van der Waals surface area (Å²) in [6, 6.07) is 16.1. The van der Waals surface area contributed by atoms with Crippen LogP contribution in [0.25, 0.3) is 0 Å². The van der Waals surface area contributed by atoms with Crippen molar-refractivity contribution in [3.63, 3.8) is 0 Å². The zero-order chi connectivity index (χ0) is 11.4. The van der Waals surface area contributed by atoms with Crippen molar-refractivity contribution >= 4 is 11.6 Å². The second-order valence-corrected chi connectivity index (χ2v) is 3.63. The highest BCUT2D eigenvalue weighted by molar-refractivity contribution is 6.30. The molecule has 0 unspecified atom stereocenters. The molecule has 0 aromatic heterocycles. The van der Waals surface area contributed by atoms with E-state index in [4.69, 9.17) is 21.6 Å². The summed E-state index contributed by atoms with van der Waals surface area (Å²) >= 11 is 5.76. The summed E-state index contributed by atoms with van der Waals surface area (Å²) in [5, 5.41) is 9.41. The Morgan fingerprint density at radius 3 is 2.44 bits per heavy atom. The standard InChI is InChI=1S/C13H8ClNO/c14-11-4-6-12(7-5-11)16-13-3-1-2-10(8-13)9-15/h1-8H. The van der Waals surface area contributed by atoms with E-state index in [1.54, 1.807) is 48.5 Å². The van der Waals surface area contributed by atoms with Gasteiger partial charge in [-0.3, -0.25) is 0 Å². The van der Waals surface area contributed by atoms with Gasteiger partial charge in [-0.1, -0.05) is 17.7 Å². The van der Waals surface area contributed by atoms with Crippen LogP contribution < -0.4 is 4.74 Å². The molecule has 3 heteroatoms. The number of nitrogens with zero attached hydrogens (tertiary/aromatic N) is 1. The second kappa shape index (κ2) is 4.69. The minimum atomic E-state index is 0.575. The van der Waals surface area contributed by atoms with Crippen molar-refractivity contribution in [1.29, 1.82) is 5.26 Å². The van der Waals surface area contributed by atoms with Crippen molar-refractivity contribution in [3.05, 3.63) is 59.1 Å². The lowest BCUT2D eigenvalue weighted by Crippen LogP contribution is -1.84. The summed E-state index contributed by atoms with van der Waals surface area (Å²) in [6.07, 6.45) is 0. The topological polar surface area (TPSA) is 33.0 Å². The Morgan fingerprint density at radius 1 is 1.00 bits per heavy atom. The molecule has 0 radical (unpaired) electrons. The average Bonchev–Trinajstić information content (AvgIpc) is 2.32. The Kier molecular flexibility index (Phi) is 3.09. The monoisotopic (exact) mass is 229 g/mol. The average molecular weight is 230 g/mol. The van der Waals surface area contributed by atoms with Crippen LogP contribution in [0.15, 0.2) is 48.5 Å². The molecule has 78 valence electrons. The van der Waals surface area contributed by atoms with E-state index >= 15 is 0 Å². The Labute approximate surface area is 98.7 Å². The number of nitriles is 1. The summed E-state index contributed by atoms with van der Waals surface area (Å²) in [5.41, 5.74) is 0.575. The summed E-state index contributed by atoms with van der Waals surface area (Å²) < 4.78 is 5.57. The van der Waals surface area contributed by atoms with Crippen LogP contribution in [0, 0.1) is 11.3 Å². The third kappa shape index (κ3) is 2.53. The van der Waals surface area contributed by atoms with E-state index in [1.165, 1.54) is 0 Å². The first kappa shape index (κ1) is 10.5. The summed E-state index contributed by atoms with van der Waals surface area (Å²) in [6.45, 7) is 0. The van der Waals surface area contributed by atoms with Crippen LogP contribution >= 0.6 is 11.6 Å². The lowest BCUT2D eigenvalue weighted by molar-refractivity contribution is 0.482. The zero-order valence-electron chi connectivity index (χ0n) is 8.35. The van der Waals surface area contributed by atoms with Crippen LogP contribution in [-0.2, 0) is 0 Å². The number of ether oxygens (including phenoxy) is 1. The molecule has 2 rings (SSSR count). The van der Waals surface area contributed by atoms with E-state index in [-0.39, 0.29) is 0 Å². The zero-order valence-corrected chi connectivity index (χ0v) is 9.11. The number of hydrogen-bond donors (Lipinski definition) is 0. The van der Waals surface area contributed by atoms with Gasteiger partial charge < -0.3 is 4.74 Å². The maximum atomic E-state index is 8.74. The van der Waals surface area contributed by atoms with Gasteiger partial charge in [0.1, 0.15) is 11.5 Å². The molecule has 0 spiro atoms. The minimum Gasteiger partial charge on any atom is -0.457 e. The maximum absolute atomic E-state index is 8.74. The van der Waals surface area contributed by atoms with Crippen molar-refractivity contribution in [2.75, 3.05) is 0 Å². The molecule has 2 aromatic rings. The first-order valence-electron chi connectivity index (χ1n) is 4.71. The molecule has 16 heavy (non-hydrogen) atoms. The van der Waals surface area contributed by atoms with Gasteiger partial charge in [-0.2, -0.15) is 5.26 Å². The van der Waals surface area contributed by atoms with E-state index in [0.717, 1.165) is 0 Å². The molecule has 0 fully saturated rings. The summed E-state index contributed by atoms with van der Waals surface area (Å²) in [4.78, 5) is 0. The molecule has 0 aliphatic rings. The fraction of sp³-hybridized carbons (Fsp3) is 0. The Balaban J connectivity index is 2.21. The van der Waals surface area contributed by atoms with E-state index in [9.17, 15) is 0 Å². The molecule has 0 atom stereocenters. The van der Waals surface area contributed by atoms with Crippen LogP contribution in [0.5, 0.6) is 11.5 Å². The predicted molar refractivity (Wildman–Crippen MR) is 62.7 cm³/mol. The Bertz CT molecular complexity index is 528. The van der Waals surface area contributed by atoms with Gasteiger partial charge in [0.2, 0.25) is 0 Å². The van der Waals surface area contributed by atoms with Gasteiger partial charge in [0.25, 0.3) is 0 Å². The minimum absolute atomic E-state index is 0.575. The molecule has 2 aromatic carbocycles. The molecule has 0 aliphatic carbocycles. The Morgan fingerprint density at radius 2 is 1.75 bits per heavy atom. The molecule has 0 aliphatic heterocycles. The largest absolute Gasteiger partial charge is 0.457 e. The lowest BCUT2D eigenvalue weighted by Gasteiger charge is -2.05. The highest BCUT2D eigenvalue weighted by Crippen LogP contribution is 2.23. The highest BCUT2D eigenvalue weighted by atomic mass is 35.5. The normalized spacial score (nSPS) is 9.50. The van der Waals surface area contributed by atoms with Gasteiger partial charge in [0.05, 0.1) is 11.6 Å². The first-order valence-corrected chi connectivity index (χ1v) is 5.09. The van der Waals surface area contributed by atoms with Gasteiger partial charge in [-0.05, 0) is 42.5 Å². The smallest absolute Gasteiger partial charge is 0.128 e. The SMILES string of the molecule is N#Cc1cccc(Oc2ccc(Cl)cc2)c1. The van der Waals surface area contributed by atoms with Crippen molar-refractivity contribution in [2.24, 2.45) is 0 Å². The first-order chi connectivity index (χ1) is 7.78. The van der Waals surface area contributed by atoms with Crippen LogP contribution in [0.3, 0.4) is 0 Å². The third-order valence-corrected chi connectivity index (χ3v) is 2.26. The molecule has 0 heterocycles. The van der Waals surface area contributed by atoms with Gasteiger partial charge in [0, 0.05) is 5.02 Å². The number of halogens is 1. The molecule has 0 N–H and O–H groups in total. The van der Waals surface area contributed by atoms with Crippen LogP contribution in [0.4, 0.5) is 0 Å². The second-order valence-electron chi connectivity index (χ2n) is 3.20. The van der Waals surface area contributed by atoms with Crippen molar-refractivity contribution in [2.45, 2.75) is 0 Å². The van der Waals surface area contributed by atoms with Crippen molar-refractivity contribution < 1.29 is 4.74 Å². The fourth-order valence-corrected chi connectivity index (χ4v) is 1.39. The molecule has 0 saturated heterocycles. The molecule has 0 amide bonds. The number of hydrogen-bond acceptors (Lipinski definition) is 2.